The van der Waals surface area contributed by atoms with Gasteiger partial charge in [-0.15, -0.1) is 10.2 Å². The van der Waals surface area contributed by atoms with E-state index in [0.717, 1.165) is 21.4 Å². The summed E-state index contributed by atoms with van der Waals surface area (Å²) >= 11 is 1.64. The first-order valence-electron chi connectivity index (χ1n) is 7.24. The zero-order valence-corrected chi connectivity index (χ0v) is 13.3. The second-order valence-corrected chi connectivity index (χ2v) is 6.34. The summed E-state index contributed by atoms with van der Waals surface area (Å²) in [7, 11) is 3.25. The number of nitrogens with zero attached hydrogens (tertiary/aromatic N) is 4. The lowest BCUT2D eigenvalue weighted by Crippen LogP contribution is -2.08. The molecule has 2 heterocycles. The fraction of sp³-hybridized carbons (Fsp3) is 0.400. The highest BCUT2D eigenvalue weighted by molar-refractivity contribution is 7.16. The Kier molecular flexibility index (Phi) is 3.22. The summed E-state index contributed by atoms with van der Waals surface area (Å²) in [5.41, 5.74) is 0.913. The molecule has 1 aromatic carbocycles. The number of ether oxygens (including phenoxy) is 2. The molecule has 1 aliphatic carbocycles. The number of methoxy groups -OCH3 is 2. The van der Waals surface area contributed by atoms with Crippen molar-refractivity contribution in [1.29, 1.82) is 0 Å². The third kappa shape index (κ3) is 2.04. The Balaban J connectivity index is 1.78. The van der Waals surface area contributed by atoms with E-state index in [1.807, 2.05) is 22.7 Å². The van der Waals surface area contributed by atoms with Crippen LogP contribution in [0.15, 0.2) is 18.2 Å². The number of benzene rings is 1. The van der Waals surface area contributed by atoms with Gasteiger partial charge in [0.2, 0.25) is 4.96 Å². The van der Waals surface area contributed by atoms with E-state index in [2.05, 4.69) is 10.2 Å². The Morgan fingerprint density at radius 3 is 2.64 bits per heavy atom. The quantitative estimate of drug-likeness (QED) is 0.740. The Labute approximate surface area is 131 Å². The first kappa shape index (κ1) is 13.5. The molecular formula is C15H16N4O2S. The maximum atomic E-state index is 5.36. The highest BCUT2D eigenvalue weighted by Gasteiger charge is 2.25. The summed E-state index contributed by atoms with van der Waals surface area (Å²) in [5.74, 6) is 2.70. The van der Waals surface area contributed by atoms with Crippen LogP contribution in [0.4, 0.5) is 0 Å². The van der Waals surface area contributed by atoms with Crippen molar-refractivity contribution in [2.45, 2.75) is 25.2 Å². The molecule has 0 radical (unpaired) electrons. The van der Waals surface area contributed by atoms with Gasteiger partial charge in [-0.1, -0.05) is 17.8 Å². The Morgan fingerprint density at radius 2 is 1.95 bits per heavy atom. The average molecular weight is 316 g/mol. The molecule has 0 unspecified atom stereocenters. The van der Waals surface area contributed by atoms with E-state index in [1.165, 1.54) is 19.3 Å². The third-order valence-electron chi connectivity index (χ3n) is 4.10. The molecule has 1 fully saturated rings. The lowest BCUT2D eigenvalue weighted by atomic mass is 9.86. The second kappa shape index (κ2) is 5.24. The van der Waals surface area contributed by atoms with Crippen LogP contribution in [-0.4, -0.2) is 34.0 Å². The van der Waals surface area contributed by atoms with E-state index in [0.29, 0.717) is 17.4 Å². The van der Waals surface area contributed by atoms with Crippen molar-refractivity contribution in [3.05, 3.63) is 23.2 Å². The maximum absolute atomic E-state index is 5.36. The minimum atomic E-state index is 0.602. The van der Waals surface area contributed by atoms with Gasteiger partial charge >= 0.3 is 0 Å². The number of fused-ring (bicyclic) bond motifs is 1. The normalized spacial score (nSPS) is 15.0. The Morgan fingerprint density at radius 1 is 1.14 bits per heavy atom. The van der Waals surface area contributed by atoms with E-state index < -0.39 is 0 Å². The molecule has 0 saturated heterocycles. The van der Waals surface area contributed by atoms with Crippen LogP contribution in [0.5, 0.6) is 11.5 Å². The van der Waals surface area contributed by atoms with Crippen LogP contribution in [0, 0.1) is 0 Å². The molecule has 0 N–H and O–H groups in total. The van der Waals surface area contributed by atoms with Crippen molar-refractivity contribution >= 4 is 16.3 Å². The van der Waals surface area contributed by atoms with Crippen LogP contribution in [0.2, 0.25) is 0 Å². The highest BCUT2D eigenvalue weighted by Crippen LogP contribution is 2.39. The van der Waals surface area contributed by atoms with E-state index in [4.69, 9.17) is 14.6 Å². The minimum Gasteiger partial charge on any atom is -0.493 e. The van der Waals surface area contributed by atoms with Gasteiger partial charge in [0.15, 0.2) is 17.3 Å². The largest absolute Gasteiger partial charge is 0.493 e. The van der Waals surface area contributed by atoms with Gasteiger partial charge in [-0.2, -0.15) is 9.61 Å². The number of hydrogen-bond acceptors (Lipinski definition) is 6. The SMILES string of the molecule is COc1ccc(-c2nnc3sc(C4CCC4)nn23)cc1OC. The van der Waals surface area contributed by atoms with Gasteiger partial charge in [0.25, 0.3) is 0 Å². The average Bonchev–Trinajstić information content (AvgIpc) is 3.05. The summed E-state index contributed by atoms with van der Waals surface area (Å²) in [4.78, 5) is 0.840. The maximum Gasteiger partial charge on any atom is 0.234 e. The molecule has 0 aliphatic heterocycles. The molecule has 1 saturated carbocycles. The van der Waals surface area contributed by atoms with E-state index >= 15 is 0 Å². The first-order chi connectivity index (χ1) is 10.8. The zero-order valence-electron chi connectivity index (χ0n) is 12.4. The van der Waals surface area contributed by atoms with Crippen molar-refractivity contribution < 1.29 is 9.47 Å². The zero-order chi connectivity index (χ0) is 15.1. The monoisotopic (exact) mass is 316 g/mol. The molecule has 22 heavy (non-hydrogen) atoms. The summed E-state index contributed by atoms with van der Waals surface area (Å²) in [5, 5.41) is 14.4. The van der Waals surface area contributed by atoms with E-state index in [-0.39, 0.29) is 0 Å². The Bertz CT molecular complexity index is 822. The lowest BCUT2D eigenvalue weighted by Gasteiger charge is -2.21. The van der Waals surface area contributed by atoms with E-state index in [9.17, 15) is 0 Å². The molecule has 0 bridgehead atoms. The van der Waals surface area contributed by atoms with Gasteiger partial charge in [-0.05, 0) is 31.0 Å². The van der Waals surface area contributed by atoms with Gasteiger partial charge in [-0.3, -0.25) is 0 Å². The third-order valence-corrected chi connectivity index (χ3v) is 5.16. The lowest BCUT2D eigenvalue weighted by molar-refractivity contribution is 0.355. The first-order valence-corrected chi connectivity index (χ1v) is 8.06. The fourth-order valence-electron chi connectivity index (χ4n) is 2.61. The van der Waals surface area contributed by atoms with Gasteiger partial charge in [0.05, 0.1) is 14.2 Å². The van der Waals surface area contributed by atoms with Gasteiger partial charge in [0.1, 0.15) is 5.01 Å². The summed E-state index contributed by atoms with van der Waals surface area (Å²) in [6, 6.07) is 5.71. The van der Waals surface area contributed by atoms with Gasteiger partial charge in [-0.25, -0.2) is 0 Å². The molecule has 0 atom stereocenters. The van der Waals surface area contributed by atoms with E-state index in [1.54, 1.807) is 25.6 Å². The van der Waals surface area contributed by atoms with Crippen LogP contribution in [0.3, 0.4) is 0 Å². The molecule has 6 nitrogen and oxygen atoms in total. The summed E-state index contributed by atoms with van der Waals surface area (Å²) in [6.07, 6.45) is 3.76. The summed E-state index contributed by atoms with van der Waals surface area (Å²) in [6.45, 7) is 0. The van der Waals surface area contributed by atoms with Crippen LogP contribution in [-0.2, 0) is 0 Å². The molecule has 114 valence electrons. The van der Waals surface area contributed by atoms with Gasteiger partial charge in [0, 0.05) is 11.5 Å². The van der Waals surface area contributed by atoms with Crippen molar-refractivity contribution in [1.82, 2.24) is 19.8 Å². The molecule has 3 aromatic rings. The Hall–Kier alpha value is -2.15. The van der Waals surface area contributed by atoms with Crippen molar-refractivity contribution in [2.24, 2.45) is 0 Å². The molecule has 1 aliphatic rings. The summed E-state index contributed by atoms with van der Waals surface area (Å²) < 4.78 is 12.5. The highest BCUT2D eigenvalue weighted by atomic mass is 32.1. The molecular weight excluding hydrogens is 300 g/mol. The molecule has 4 rings (SSSR count). The standard InChI is InChI=1S/C15H16N4O2S/c1-20-11-7-6-10(8-12(11)21-2)13-16-17-15-19(13)18-14(22-15)9-4-3-5-9/h6-9H,3-5H2,1-2H3. The molecule has 2 aromatic heterocycles. The fourth-order valence-corrected chi connectivity index (χ4v) is 3.61. The van der Waals surface area contributed by atoms with Crippen LogP contribution >= 0.6 is 11.3 Å². The topological polar surface area (TPSA) is 61.5 Å². The molecule has 0 spiro atoms. The van der Waals surface area contributed by atoms with Crippen molar-refractivity contribution in [3.8, 4) is 22.9 Å². The predicted molar refractivity (Wildman–Crippen MR) is 83.8 cm³/mol. The second-order valence-electron chi connectivity index (χ2n) is 5.36. The number of hydrogen-bond donors (Lipinski definition) is 0. The number of aromatic nitrogens is 4. The minimum absolute atomic E-state index is 0.602. The number of rotatable bonds is 4. The van der Waals surface area contributed by atoms with Gasteiger partial charge < -0.3 is 9.47 Å². The van der Waals surface area contributed by atoms with Crippen molar-refractivity contribution in [3.63, 3.8) is 0 Å². The molecule has 0 amide bonds. The smallest absolute Gasteiger partial charge is 0.234 e. The van der Waals surface area contributed by atoms with Crippen LogP contribution < -0.4 is 9.47 Å². The van der Waals surface area contributed by atoms with Crippen LogP contribution in [0.1, 0.15) is 30.2 Å². The van der Waals surface area contributed by atoms with Crippen molar-refractivity contribution in [2.75, 3.05) is 14.2 Å². The molecule has 7 heteroatoms. The van der Waals surface area contributed by atoms with Crippen LogP contribution in [0.25, 0.3) is 16.3 Å². The predicted octanol–water partition coefficient (Wildman–Crippen LogP) is 3.14.